The first-order valence-electron chi connectivity index (χ1n) is 18.1. The molecular formula is C37H59NO5. The fourth-order valence-corrected chi connectivity index (χ4v) is 9.84. The molecule has 1 N–H and O–H groups in total. The van der Waals surface area contributed by atoms with Gasteiger partial charge < -0.3 is 19.3 Å². The van der Waals surface area contributed by atoms with Gasteiger partial charge in [0.2, 0.25) is 6.79 Å². The third kappa shape index (κ3) is 6.05. The van der Waals surface area contributed by atoms with Crippen LogP contribution < -0.4 is 0 Å². The Bertz CT molecular complexity index is 1050. The van der Waals surface area contributed by atoms with Gasteiger partial charge in [0, 0.05) is 35.8 Å². The molecule has 3 saturated carbocycles. The molecule has 3 unspecified atom stereocenters. The third-order valence-corrected chi connectivity index (χ3v) is 12.3. The minimum Gasteiger partial charge on any atom is -0.489 e. The van der Waals surface area contributed by atoms with Crippen LogP contribution in [0.5, 0.6) is 0 Å². The average Bonchev–Trinajstić information content (AvgIpc) is 3.72. The van der Waals surface area contributed by atoms with Gasteiger partial charge in [0.1, 0.15) is 11.9 Å². The molecule has 43 heavy (non-hydrogen) atoms. The second kappa shape index (κ2) is 13.1. The minimum atomic E-state index is -0.735. The van der Waals surface area contributed by atoms with Gasteiger partial charge in [0.15, 0.2) is 5.76 Å². The highest BCUT2D eigenvalue weighted by Gasteiger charge is 2.78. The molecule has 6 nitrogen and oxygen atoms in total. The van der Waals surface area contributed by atoms with Crippen LogP contribution in [-0.2, 0) is 19.0 Å². The Morgan fingerprint density at radius 2 is 1.70 bits per heavy atom. The molecule has 242 valence electrons. The van der Waals surface area contributed by atoms with E-state index in [0.717, 1.165) is 63.3 Å². The average molecular weight is 598 g/mol. The van der Waals surface area contributed by atoms with Crippen molar-refractivity contribution in [1.82, 2.24) is 4.90 Å². The molecule has 5 fully saturated rings. The molecular weight excluding hydrogens is 538 g/mol. The van der Waals surface area contributed by atoms with Gasteiger partial charge in [-0.05, 0) is 69.4 Å². The third-order valence-electron chi connectivity index (χ3n) is 12.3. The molecule has 4 aliphatic carbocycles. The molecule has 2 saturated heterocycles. The summed E-state index contributed by atoms with van der Waals surface area (Å²) in [5, 5.41) is 12.7. The zero-order chi connectivity index (χ0) is 30.1. The number of hydrogen-bond donors (Lipinski definition) is 1. The second-order valence-electron chi connectivity index (χ2n) is 15.7. The Balaban J connectivity index is 1.01. The summed E-state index contributed by atoms with van der Waals surface area (Å²) in [6.07, 6.45) is 25.1. The number of piperidine rings is 1. The van der Waals surface area contributed by atoms with Crippen LogP contribution in [0.25, 0.3) is 0 Å². The van der Waals surface area contributed by atoms with Crippen molar-refractivity contribution in [2.75, 3.05) is 19.9 Å². The Hall–Kier alpha value is -1.53. The second-order valence-corrected chi connectivity index (χ2v) is 15.7. The number of likely N-dealkylation sites (tertiary alicyclic amines) is 1. The number of carbonyl (C=O) groups is 1. The van der Waals surface area contributed by atoms with Crippen LogP contribution in [0.1, 0.15) is 136 Å². The predicted molar refractivity (Wildman–Crippen MR) is 169 cm³/mol. The number of unbranched alkanes of at least 4 members (excludes halogenated alkanes) is 10. The number of nitrogens with zero attached hydrogens (tertiary/aromatic N) is 1. The van der Waals surface area contributed by atoms with E-state index in [2.05, 4.69) is 37.8 Å². The highest BCUT2D eigenvalue weighted by atomic mass is 16.7. The lowest BCUT2D eigenvalue weighted by Gasteiger charge is -2.68. The van der Waals surface area contributed by atoms with E-state index >= 15 is 0 Å². The monoisotopic (exact) mass is 597 g/mol. The van der Waals surface area contributed by atoms with Gasteiger partial charge in [-0.1, -0.05) is 91.1 Å². The summed E-state index contributed by atoms with van der Waals surface area (Å²) in [5.41, 5.74) is -1.04. The zero-order valence-corrected chi connectivity index (χ0v) is 27.4. The van der Waals surface area contributed by atoms with E-state index in [1.807, 2.05) is 0 Å². The topological polar surface area (TPSA) is 68.2 Å². The molecule has 0 radical (unpaired) electrons. The Morgan fingerprint density at radius 3 is 2.40 bits per heavy atom. The largest absolute Gasteiger partial charge is 0.489 e. The van der Waals surface area contributed by atoms with Crippen molar-refractivity contribution in [1.29, 1.82) is 0 Å². The Kier molecular flexibility index (Phi) is 9.56. The lowest BCUT2D eigenvalue weighted by Crippen LogP contribution is -2.77. The molecule has 0 aromatic heterocycles. The molecule has 2 heterocycles. The minimum absolute atomic E-state index is 0.0200. The maximum absolute atomic E-state index is 12.7. The zero-order valence-electron chi connectivity index (χ0n) is 27.4. The molecule has 1 spiro atoms. The van der Waals surface area contributed by atoms with Crippen molar-refractivity contribution in [3.8, 4) is 0 Å². The van der Waals surface area contributed by atoms with E-state index in [-0.39, 0.29) is 41.7 Å². The summed E-state index contributed by atoms with van der Waals surface area (Å²) in [6.45, 7) is 9.02. The molecule has 0 aromatic rings. The summed E-state index contributed by atoms with van der Waals surface area (Å²) >= 11 is 0. The van der Waals surface area contributed by atoms with E-state index in [1.165, 1.54) is 70.6 Å². The van der Waals surface area contributed by atoms with Gasteiger partial charge in [-0.3, -0.25) is 9.69 Å². The first kappa shape index (κ1) is 31.5. The van der Waals surface area contributed by atoms with E-state index < -0.39 is 5.60 Å². The lowest BCUT2D eigenvalue weighted by molar-refractivity contribution is -0.271. The molecule has 6 aliphatic rings. The van der Waals surface area contributed by atoms with Gasteiger partial charge >= 0.3 is 5.97 Å². The van der Waals surface area contributed by atoms with E-state index in [0.29, 0.717) is 18.1 Å². The summed E-state index contributed by atoms with van der Waals surface area (Å²) in [7, 11) is 0. The Morgan fingerprint density at radius 1 is 1.00 bits per heavy atom. The van der Waals surface area contributed by atoms with Crippen LogP contribution in [0, 0.1) is 28.6 Å². The first-order chi connectivity index (χ1) is 20.8. The quantitative estimate of drug-likeness (QED) is 0.104. The maximum atomic E-state index is 12.7. The highest BCUT2D eigenvalue weighted by Crippen LogP contribution is 2.72. The lowest BCUT2D eigenvalue weighted by atomic mass is 9.41. The van der Waals surface area contributed by atoms with Crippen molar-refractivity contribution >= 4 is 5.97 Å². The van der Waals surface area contributed by atoms with E-state index in [1.54, 1.807) is 0 Å². The normalized spacial score (nSPS) is 35.4. The predicted octanol–water partition coefficient (Wildman–Crippen LogP) is 8.04. The number of ether oxygens (including phenoxy) is 3. The molecule has 2 aliphatic heterocycles. The van der Waals surface area contributed by atoms with Crippen molar-refractivity contribution in [2.45, 2.75) is 154 Å². The number of hydrogen-bond acceptors (Lipinski definition) is 6. The smallest absolute Gasteiger partial charge is 0.308 e. The van der Waals surface area contributed by atoms with Gasteiger partial charge in [0.05, 0.1) is 5.60 Å². The van der Waals surface area contributed by atoms with Crippen LogP contribution in [0.4, 0.5) is 0 Å². The summed E-state index contributed by atoms with van der Waals surface area (Å²) in [6, 6.07) is 0.202. The molecule has 6 rings (SSSR count). The van der Waals surface area contributed by atoms with Crippen LogP contribution in [-0.4, -0.2) is 53.6 Å². The van der Waals surface area contributed by atoms with Gasteiger partial charge in [-0.2, -0.15) is 0 Å². The molecule has 2 bridgehead atoms. The summed E-state index contributed by atoms with van der Waals surface area (Å²) < 4.78 is 18.6. The number of aliphatic hydroxyl groups is 1. The fourth-order valence-electron chi connectivity index (χ4n) is 9.84. The number of rotatable bonds is 17. The number of carbonyl (C=O) groups excluding carboxylic acids is 1. The summed E-state index contributed by atoms with van der Waals surface area (Å²) in [4.78, 5) is 15.1. The SMILES string of the molecule is CCCCCCCCCCCCCC(=O)OCOC1=C2O[C@H]3C(C)(C)CC[C@@]4(O)C5CC(C=C1)C2[C@@]34CCN5CC1CC1. The number of allylic oxidation sites excluding steroid dienone is 3. The Labute approximate surface area is 261 Å². The standard InChI is InChI=1S/C37H59NO5/c1-4-5-6-7-8-9-10-11-12-13-14-15-31(39)42-26-41-29-19-18-28-24-30-37(40)21-20-35(2,3)34-36(37,32(28)33(29)43-34)22-23-38(30)25-27-16-17-27/h18-19,27-28,30,32,34,40H,4-17,20-26H2,1-3H3/t28?,30?,32?,34-,36-,37+/m0/s1. The number of esters is 1. The van der Waals surface area contributed by atoms with Crippen molar-refractivity contribution in [3.63, 3.8) is 0 Å². The maximum Gasteiger partial charge on any atom is 0.308 e. The highest BCUT2D eigenvalue weighted by molar-refractivity contribution is 5.69. The summed E-state index contributed by atoms with van der Waals surface area (Å²) in [5.74, 6) is 2.72. The van der Waals surface area contributed by atoms with Gasteiger partial charge in [0.25, 0.3) is 0 Å². The van der Waals surface area contributed by atoms with E-state index in [9.17, 15) is 9.90 Å². The molecule has 6 atom stereocenters. The van der Waals surface area contributed by atoms with E-state index in [4.69, 9.17) is 14.2 Å². The molecule has 6 heteroatoms. The van der Waals surface area contributed by atoms with Gasteiger partial charge in [-0.15, -0.1) is 0 Å². The van der Waals surface area contributed by atoms with Crippen LogP contribution in [0.3, 0.4) is 0 Å². The molecule has 0 amide bonds. The van der Waals surface area contributed by atoms with Crippen LogP contribution >= 0.6 is 0 Å². The van der Waals surface area contributed by atoms with Crippen molar-refractivity contribution in [3.05, 3.63) is 23.7 Å². The van der Waals surface area contributed by atoms with Crippen LogP contribution in [0.2, 0.25) is 0 Å². The van der Waals surface area contributed by atoms with Crippen molar-refractivity contribution in [2.24, 2.45) is 28.6 Å². The van der Waals surface area contributed by atoms with Crippen LogP contribution in [0.15, 0.2) is 23.7 Å². The first-order valence-corrected chi connectivity index (χ1v) is 18.1. The van der Waals surface area contributed by atoms with Gasteiger partial charge in [-0.25, -0.2) is 0 Å². The molecule has 0 aromatic carbocycles. The van der Waals surface area contributed by atoms with Crippen molar-refractivity contribution < 1.29 is 24.1 Å². The fraction of sp³-hybridized carbons (Fsp3) is 0.865.